The van der Waals surface area contributed by atoms with Gasteiger partial charge in [0.05, 0.1) is 0 Å². The Morgan fingerprint density at radius 2 is 1.12 bits per heavy atom. The first kappa shape index (κ1) is 18.1. The Morgan fingerprint density at radius 1 is 0.692 bits per heavy atom. The van der Waals surface area contributed by atoms with E-state index in [9.17, 15) is 0 Å². The van der Waals surface area contributed by atoms with Crippen LogP contribution < -0.4 is 9.47 Å². The predicted octanol–water partition coefficient (Wildman–Crippen LogP) is 6.25. The van der Waals surface area contributed by atoms with Crippen LogP contribution in [0.5, 0.6) is 11.5 Å². The van der Waals surface area contributed by atoms with Crippen LogP contribution in [0.4, 0.5) is 0 Å². The van der Waals surface area contributed by atoms with E-state index in [1.807, 2.05) is 0 Å². The highest BCUT2D eigenvalue weighted by Gasteiger charge is 2.17. The monoisotopic (exact) mass is 346 g/mol. The summed E-state index contributed by atoms with van der Waals surface area (Å²) in [4.78, 5) is 0. The van der Waals surface area contributed by atoms with Gasteiger partial charge in [-0.2, -0.15) is 0 Å². The third kappa shape index (κ3) is 3.32. The molecule has 0 heterocycles. The van der Waals surface area contributed by atoms with Crippen LogP contribution in [0.3, 0.4) is 0 Å². The van der Waals surface area contributed by atoms with Crippen molar-refractivity contribution in [3.05, 3.63) is 72.8 Å². The molecule has 3 aromatic carbocycles. The summed E-state index contributed by atoms with van der Waals surface area (Å²) in [6, 6.07) is 13.0. The Kier molecular flexibility index (Phi) is 5.62. The molecule has 2 nitrogen and oxygen atoms in total. The second-order valence-corrected chi connectivity index (χ2v) is 6.32. The molecule has 2 heteroatoms. The normalized spacial score (nSPS) is 10.8. The van der Waals surface area contributed by atoms with E-state index in [2.05, 4.69) is 63.4 Å². The minimum atomic E-state index is 0.475. The Hall–Kier alpha value is -2.74. The zero-order valence-electron chi connectivity index (χ0n) is 15.7. The van der Waals surface area contributed by atoms with Gasteiger partial charge in [-0.3, -0.25) is 0 Å². The first-order chi connectivity index (χ1) is 12.7. The third-order valence-electron chi connectivity index (χ3n) is 4.65. The van der Waals surface area contributed by atoms with Crippen molar-refractivity contribution in [3.63, 3.8) is 0 Å². The molecule has 3 aromatic rings. The molecule has 0 amide bonds. The molecule has 0 aliphatic carbocycles. The molecule has 0 saturated carbocycles. The van der Waals surface area contributed by atoms with E-state index in [-0.39, 0.29) is 0 Å². The van der Waals surface area contributed by atoms with Gasteiger partial charge in [-0.1, -0.05) is 63.4 Å². The Labute approximate surface area is 155 Å². The van der Waals surface area contributed by atoms with Crippen molar-refractivity contribution in [2.24, 2.45) is 0 Å². The van der Waals surface area contributed by atoms with Gasteiger partial charge in [0.15, 0.2) is 0 Å². The minimum Gasteiger partial charge on any atom is -0.488 e. The fourth-order valence-electron chi connectivity index (χ4n) is 3.28. The zero-order valence-corrected chi connectivity index (χ0v) is 15.7. The minimum absolute atomic E-state index is 0.475. The number of hydrogen-bond donors (Lipinski definition) is 0. The zero-order chi connectivity index (χ0) is 18.5. The van der Waals surface area contributed by atoms with E-state index in [0.29, 0.717) is 13.2 Å². The molecule has 0 N–H and O–H groups in total. The first-order valence-electron chi connectivity index (χ1n) is 9.22. The van der Waals surface area contributed by atoms with Crippen molar-refractivity contribution in [2.75, 3.05) is 13.2 Å². The van der Waals surface area contributed by atoms with E-state index in [1.54, 1.807) is 12.2 Å². The van der Waals surface area contributed by atoms with Crippen LogP contribution in [0, 0.1) is 0 Å². The van der Waals surface area contributed by atoms with Crippen molar-refractivity contribution in [1.82, 2.24) is 0 Å². The second-order valence-electron chi connectivity index (χ2n) is 6.32. The lowest BCUT2D eigenvalue weighted by Gasteiger charge is -2.18. The molecule has 0 bridgehead atoms. The standard InChI is InChI=1S/C24H26O2/c1-5-13-25-23-19-11-9-18(8-4)16-22(19)24(26-14-6-2)20-12-10-17(7-3)15-21(20)23/h5-6,9-12,15-16H,1-2,7-8,13-14H2,3-4H3. The summed E-state index contributed by atoms with van der Waals surface area (Å²) in [7, 11) is 0. The summed E-state index contributed by atoms with van der Waals surface area (Å²) in [5, 5.41) is 4.32. The highest BCUT2D eigenvalue weighted by molar-refractivity contribution is 6.11. The van der Waals surface area contributed by atoms with Gasteiger partial charge in [-0.05, 0) is 36.1 Å². The van der Waals surface area contributed by atoms with Crippen LogP contribution in [-0.2, 0) is 12.8 Å². The van der Waals surface area contributed by atoms with Crippen LogP contribution in [0.2, 0.25) is 0 Å². The van der Waals surface area contributed by atoms with Gasteiger partial charge in [0.2, 0.25) is 0 Å². The van der Waals surface area contributed by atoms with Gasteiger partial charge < -0.3 is 9.47 Å². The van der Waals surface area contributed by atoms with Crippen molar-refractivity contribution < 1.29 is 9.47 Å². The van der Waals surface area contributed by atoms with E-state index in [0.717, 1.165) is 45.9 Å². The summed E-state index contributed by atoms with van der Waals surface area (Å²) in [6.45, 7) is 12.9. The molecule has 0 atom stereocenters. The van der Waals surface area contributed by atoms with E-state index >= 15 is 0 Å². The highest BCUT2D eigenvalue weighted by Crippen LogP contribution is 2.43. The summed E-state index contributed by atoms with van der Waals surface area (Å²) in [5.74, 6) is 1.80. The van der Waals surface area contributed by atoms with E-state index in [4.69, 9.17) is 9.47 Å². The Balaban J connectivity index is 2.41. The van der Waals surface area contributed by atoms with E-state index in [1.165, 1.54) is 11.1 Å². The van der Waals surface area contributed by atoms with Crippen molar-refractivity contribution in [3.8, 4) is 11.5 Å². The van der Waals surface area contributed by atoms with Crippen LogP contribution in [0.1, 0.15) is 25.0 Å². The van der Waals surface area contributed by atoms with Gasteiger partial charge in [0, 0.05) is 21.5 Å². The maximum atomic E-state index is 6.12. The van der Waals surface area contributed by atoms with Gasteiger partial charge in [-0.25, -0.2) is 0 Å². The van der Waals surface area contributed by atoms with Crippen LogP contribution >= 0.6 is 0 Å². The number of aryl methyl sites for hydroxylation is 2. The van der Waals surface area contributed by atoms with Gasteiger partial charge in [-0.15, -0.1) is 0 Å². The average molecular weight is 346 g/mol. The molecule has 0 saturated heterocycles. The number of rotatable bonds is 8. The van der Waals surface area contributed by atoms with Crippen LogP contribution in [-0.4, -0.2) is 13.2 Å². The smallest absolute Gasteiger partial charge is 0.135 e. The molecule has 134 valence electrons. The predicted molar refractivity (Wildman–Crippen MR) is 112 cm³/mol. The van der Waals surface area contributed by atoms with Gasteiger partial charge >= 0.3 is 0 Å². The lowest BCUT2D eigenvalue weighted by atomic mass is 9.96. The number of ether oxygens (including phenoxy) is 2. The molecule has 0 aromatic heterocycles. The Morgan fingerprint density at radius 3 is 1.46 bits per heavy atom. The highest BCUT2D eigenvalue weighted by atomic mass is 16.5. The van der Waals surface area contributed by atoms with Crippen LogP contribution in [0.15, 0.2) is 61.7 Å². The molecule has 0 radical (unpaired) electrons. The quantitative estimate of drug-likeness (QED) is 0.355. The topological polar surface area (TPSA) is 18.5 Å². The van der Waals surface area contributed by atoms with Crippen LogP contribution in [0.25, 0.3) is 21.5 Å². The lowest BCUT2D eigenvalue weighted by molar-refractivity contribution is 0.365. The van der Waals surface area contributed by atoms with Gasteiger partial charge in [0.25, 0.3) is 0 Å². The van der Waals surface area contributed by atoms with Crippen molar-refractivity contribution in [1.29, 1.82) is 0 Å². The summed E-state index contributed by atoms with van der Waals surface area (Å²) < 4.78 is 12.2. The molecule has 0 aliphatic heterocycles. The Bertz CT molecular complexity index is 874. The summed E-state index contributed by atoms with van der Waals surface area (Å²) >= 11 is 0. The third-order valence-corrected chi connectivity index (χ3v) is 4.65. The summed E-state index contributed by atoms with van der Waals surface area (Å²) in [5.41, 5.74) is 2.56. The number of benzene rings is 3. The molecular weight excluding hydrogens is 320 g/mol. The number of fused-ring (bicyclic) bond motifs is 2. The second kappa shape index (κ2) is 8.09. The fourth-order valence-corrected chi connectivity index (χ4v) is 3.28. The van der Waals surface area contributed by atoms with Crippen molar-refractivity contribution in [2.45, 2.75) is 26.7 Å². The molecule has 0 unspecified atom stereocenters. The lowest BCUT2D eigenvalue weighted by Crippen LogP contribution is -2.00. The largest absolute Gasteiger partial charge is 0.488 e. The average Bonchev–Trinajstić information content (AvgIpc) is 2.69. The molecule has 0 fully saturated rings. The summed E-state index contributed by atoms with van der Waals surface area (Å²) in [6.07, 6.45) is 5.52. The fraction of sp³-hybridized carbons (Fsp3) is 0.250. The maximum Gasteiger partial charge on any atom is 0.135 e. The molecule has 3 rings (SSSR count). The van der Waals surface area contributed by atoms with Crippen molar-refractivity contribution >= 4 is 21.5 Å². The molecule has 26 heavy (non-hydrogen) atoms. The van der Waals surface area contributed by atoms with Gasteiger partial charge in [0.1, 0.15) is 24.7 Å². The first-order valence-corrected chi connectivity index (χ1v) is 9.22. The van der Waals surface area contributed by atoms with E-state index < -0.39 is 0 Å². The molecule has 0 aliphatic rings. The SMILES string of the molecule is C=CCOc1c2ccc(CC)cc2c(OCC=C)c2ccc(CC)cc12. The number of hydrogen-bond acceptors (Lipinski definition) is 2. The molecular formula is C24H26O2. The molecule has 0 spiro atoms. The maximum absolute atomic E-state index is 6.12.